The molecule has 0 atom stereocenters. The molecule has 1 aromatic rings. The van der Waals surface area contributed by atoms with Crippen molar-refractivity contribution in [1.82, 2.24) is 4.98 Å². The van der Waals surface area contributed by atoms with Crippen molar-refractivity contribution in [2.24, 2.45) is 0 Å². The molecule has 0 aliphatic heterocycles. The highest BCUT2D eigenvalue weighted by atomic mass is 16.5. The van der Waals surface area contributed by atoms with Crippen LogP contribution in [0, 0.1) is 6.92 Å². The third-order valence-electron chi connectivity index (χ3n) is 1.81. The van der Waals surface area contributed by atoms with Gasteiger partial charge in [0, 0.05) is 5.56 Å². The Bertz CT molecular complexity index is 385. The van der Waals surface area contributed by atoms with Crippen molar-refractivity contribution in [2.75, 3.05) is 7.11 Å². The van der Waals surface area contributed by atoms with Crippen molar-refractivity contribution in [3.8, 4) is 5.88 Å². The standard InChI is InChI=1S/C10H11NO3/c1-4-8-7(10(12)13)5-6(2)9(11-8)14-3/h4-5H,1H2,2-3H3,(H,12,13). The van der Waals surface area contributed by atoms with Crippen LogP contribution in [0.1, 0.15) is 21.6 Å². The molecule has 0 aliphatic rings. The molecule has 0 unspecified atom stereocenters. The van der Waals surface area contributed by atoms with Gasteiger partial charge in [0.2, 0.25) is 5.88 Å². The van der Waals surface area contributed by atoms with Crippen molar-refractivity contribution in [3.05, 3.63) is 29.5 Å². The van der Waals surface area contributed by atoms with E-state index in [0.717, 1.165) is 0 Å². The number of methoxy groups -OCH3 is 1. The van der Waals surface area contributed by atoms with E-state index in [1.54, 1.807) is 6.92 Å². The van der Waals surface area contributed by atoms with E-state index in [4.69, 9.17) is 9.84 Å². The lowest BCUT2D eigenvalue weighted by Crippen LogP contribution is -2.04. The first-order chi connectivity index (χ1) is 6.60. The van der Waals surface area contributed by atoms with Gasteiger partial charge in [-0.2, -0.15) is 0 Å². The summed E-state index contributed by atoms with van der Waals surface area (Å²) in [6.45, 7) is 5.24. The van der Waals surface area contributed by atoms with Crippen LogP contribution in [-0.2, 0) is 0 Å². The van der Waals surface area contributed by atoms with Gasteiger partial charge in [-0.3, -0.25) is 0 Å². The Hall–Kier alpha value is -1.84. The molecule has 1 aromatic heterocycles. The van der Waals surface area contributed by atoms with Crippen LogP contribution in [0.3, 0.4) is 0 Å². The van der Waals surface area contributed by atoms with Gasteiger partial charge in [-0.05, 0) is 19.1 Å². The highest BCUT2D eigenvalue weighted by molar-refractivity contribution is 5.91. The van der Waals surface area contributed by atoms with E-state index in [-0.39, 0.29) is 5.56 Å². The Morgan fingerprint density at radius 2 is 2.36 bits per heavy atom. The highest BCUT2D eigenvalue weighted by Crippen LogP contribution is 2.19. The number of aromatic nitrogens is 1. The first kappa shape index (κ1) is 10.2. The van der Waals surface area contributed by atoms with Crippen LogP contribution in [0.4, 0.5) is 0 Å². The summed E-state index contributed by atoms with van der Waals surface area (Å²) in [5.41, 5.74) is 1.15. The molecule has 0 bridgehead atoms. The van der Waals surface area contributed by atoms with Crippen LogP contribution >= 0.6 is 0 Å². The Kier molecular flexibility index (Phi) is 2.86. The van der Waals surface area contributed by atoms with E-state index in [1.165, 1.54) is 19.3 Å². The van der Waals surface area contributed by atoms with Gasteiger partial charge in [0.05, 0.1) is 18.4 Å². The Labute approximate surface area is 81.9 Å². The summed E-state index contributed by atoms with van der Waals surface area (Å²) in [7, 11) is 1.49. The average Bonchev–Trinajstić information content (AvgIpc) is 2.17. The predicted octanol–water partition coefficient (Wildman–Crippen LogP) is 1.74. The zero-order valence-electron chi connectivity index (χ0n) is 8.07. The van der Waals surface area contributed by atoms with Crippen molar-refractivity contribution in [2.45, 2.75) is 6.92 Å². The van der Waals surface area contributed by atoms with Crippen molar-refractivity contribution in [1.29, 1.82) is 0 Å². The summed E-state index contributed by atoms with van der Waals surface area (Å²) in [4.78, 5) is 14.8. The second kappa shape index (κ2) is 3.91. The molecular formula is C10H11NO3. The molecule has 0 fully saturated rings. The van der Waals surface area contributed by atoms with Crippen LogP contribution in [0.2, 0.25) is 0 Å². The Morgan fingerprint density at radius 1 is 1.71 bits per heavy atom. The maximum absolute atomic E-state index is 10.8. The van der Waals surface area contributed by atoms with Crippen LogP contribution < -0.4 is 4.74 Å². The van der Waals surface area contributed by atoms with Gasteiger partial charge >= 0.3 is 5.97 Å². The fourth-order valence-corrected chi connectivity index (χ4v) is 1.14. The van der Waals surface area contributed by atoms with Gasteiger partial charge in [0.25, 0.3) is 0 Å². The summed E-state index contributed by atoms with van der Waals surface area (Å²) in [5.74, 6) is -0.594. The van der Waals surface area contributed by atoms with Crippen molar-refractivity contribution >= 4 is 12.0 Å². The maximum atomic E-state index is 10.8. The van der Waals surface area contributed by atoms with Crippen molar-refractivity contribution in [3.63, 3.8) is 0 Å². The van der Waals surface area contributed by atoms with Crippen LogP contribution in [0.5, 0.6) is 5.88 Å². The second-order valence-corrected chi connectivity index (χ2v) is 2.76. The highest BCUT2D eigenvalue weighted by Gasteiger charge is 2.12. The molecule has 0 saturated heterocycles. The first-order valence-corrected chi connectivity index (χ1v) is 4.01. The minimum Gasteiger partial charge on any atom is -0.481 e. The van der Waals surface area contributed by atoms with E-state index in [0.29, 0.717) is 17.1 Å². The number of hydrogen-bond acceptors (Lipinski definition) is 3. The molecule has 1 N–H and O–H groups in total. The summed E-state index contributed by atoms with van der Waals surface area (Å²) in [6.07, 6.45) is 1.39. The summed E-state index contributed by atoms with van der Waals surface area (Å²) >= 11 is 0. The molecule has 0 amide bonds. The Morgan fingerprint density at radius 3 is 2.79 bits per heavy atom. The Balaban J connectivity index is 3.38. The largest absolute Gasteiger partial charge is 0.481 e. The molecule has 0 aliphatic carbocycles. The van der Waals surface area contributed by atoms with Gasteiger partial charge in [0.1, 0.15) is 0 Å². The minimum atomic E-state index is -1.02. The van der Waals surface area contributed by atoms with E-state index < -0.39 is 5.97 Å². The van der Waals surface area contributed by atoms with E-state index in [9.17, 15) is 4.79 Å². The normalized spacial score (nSPS) is 9.57. The number of aryl methyl sites for hydroxylation is 1. The number of hydrogen-bond donors (Lipinski definition) is 1. The predicted molar refractivity (Wildman–Crippen MR) is 52.6 cm³/mol. The van der Waals surface area contributed by atoms with Crippen LogP contribution in [0.25, 0.3) is 6.08 Å². The molecule has 0 saturated carbocycles. The van der Waals surface area contributed by atoms with Gasteiger partial charge in [-0.15, -0.1) is 0 Å². The summed E-state index contributed by atoms with van der Waals surface area (Å²) in [6, 6.07) is 1.52. The quantitative estimate of drug-likeness (QED) is 0.794. The van der Waals surface area contributed by atoms with Gasteiger partial charge in [-0.1, -0.05) is 6.58 Å². The average molecular weight is 193 g/mol. The molecule has 4 nitrogen and oxygen atoms in total. The van der Waals surface area contributed by atoms with Crippen LogP contribution in [-0.4, -0.2) is 23.2 Å². The molecule has 0 spiro atoms. The number of aromatic carboxylic acids is 1. The molecule has 1 heterocycles. The van der Waals surface area contributed by atoms with E-state index >= 15 is 0 Å². The second-order valence-electron chi connectivity index (χ2n) is 2.76. The SMILES string of the molecule is C=Cc1nc(OC)c(C)cc1C(=O)O. The number of ether oxygens (including phenoxy) is 1. The lowest BCUT2D eigenvalue weighted by atomic mass is 10.1. The number of pyridine rings is 1. The maximum Gasteiger partial charge on any atom is 0.337 e. The van der Waals surface area contributed by atoms with E-state index in [1.807, 2.05) is 0 Å². The third-order valence-corrected chi connectivity index (χ3v) is 1.81. The van der Waals surface area contributed by atoms with Gasteiger partial charge in [-0.25, -0.2) is 9.78 Å². The number of carbonyl (C=O) groups is 1. The molecule has 0 radical (unpaired) electrons. The number of carboxylic acids is 1. The summed E-state index contributed by atoms with van der Waals surface area (Å²) < 4.78 is 4.97. The number of rotatable bonds is 3. The fourth-order valence-electron chi connectivity index (χ4n) is 1.14. The molecular weight excluding hydrogens is 182 g/mol. The van der Waals surface area contributed by atoms with E-state index in [2.05, 4.69) is 11.6 Å². The zero-order valence-corrected chi connectivity index (χ0v) is 8.07. The van der Waals surface area contributed by atoms with Crippen LogP contribution in [0.15, 0.2) is 12.6 Å². The monoisotopic (exact) mass is 193 g/mol. The number of nitrogens with zero attached hydrogens (tertiary/aromatic N) is 1. The summed E-state index contributed by atoms with van der Waals surface area (Å²) in [5, 5.41) is 8.86. The van der Waals surface area contributed by atoms with Gasteiger partial charge in [0.15, 0.2) is 0 Å². The van der Waals surface area contributed by atoms with Gasteiger partial charge < -0.3 is 9.84 Å². The molecule has 1 rings (SSSR count). The minimum absolute atomic E-state index is 0.137. The lowest BCUT2D eigenvalue weighted by Gasteiger charge is -2.06. The molecule has 4 heteroatoms. The topological polar surface area (TPSA) is 59.4 Å². The molecule has 14 heavy (non-hydrogen) atoms. The first-order valence-electron chi connectivity index (χ1n) is 4.01. The number of carboxylic acid groups (broad SMARTS) is 1. The molecule has 0 aromatic carbocycles. The zero-order chi connectivity index (χ0) is 10.7. The van der Waals surface area contributed by atoms with Crippen molar-refractivity contribution < 1.29 is 14.6 Å². The lowest BCUT2D eigenvalue weighted by molar-refractivity contribution is 0.0696. The fraction of sp³-hybridized carbons (Fsp3) is 0.200. The molecule has 74 valence electrons. The smallest absolute Gasteiger partial charge is 0.337 e. The third kappa shape index (κ3) is 1.74.